The van der Waals surface area contributed by atoms with Crippen molar-refractivity contribution >= 4 is 43.6 Å². The zero-order valence-corrected chi connectivity index (χ0v) is 23.3. The Balaban J connectivity index is 1.30. The highest BCUT2D eigenvalue weighted by atomic mass is 15.0. The van der Waals surface area contributed by atoms with Crippen LogP contribution in [0.15, 0.2) is 151 Å². The number of para-hydroxylation sites is 3. The van der Waals surface area contributed by atoms with Crippen molar-refractivity contribution in [3.05, 3.63) is 151 Å². The van der Waals surface area contributed by atoms with Crippen LogP contribution >= 0.6 is 0 Å². The average Bonchev–Trinajstić information content (AvgIpc) is 3.57. The summed E-state index contributed by atoms with van der Waals surface area (Å²) < 4.78 is 5.00. The first-order chi connectivity index (χ1) is 20.9. The van der Waals surface area contributed by atoms with E-state index in [4.69, 9.17) is 0 Å². The van der Waals surface area contributed by atoms with Crippen LogP contribution in [0.25, 0.3) is 60.4 Å². The van der Waals surface area contributed by atoms with Crippen molar-refractivity contribution in [3.63, 3.8) is 0 Å². The lowest BCUT2D eigenvalue weighted by atomic mass is 9.80. The van der Waals surface area contributed by atoms with Crippen molar-refractivity contribution in [2.45, 2.75) is 18.9 Å². The van der Waals surface area contributed by atoms with Crippen LogP contribution in [-0.4, -0.2) is 9.13 Å². The molecule has 7 aromatic rings. The topological polar surface area (TPSA) is 9.86 Å². The van der Waals surface area contributed by atoms with Crippen molar-refractivity contribution in [1.82, 2.24) is 9.13 Å². The van der Waals surface area contributed by atoms with Crippen LogP contribution < -0.4 is 0 Å². The molecule has 2 aromatic heterocycles. The highest BCUT2D eigenvalue weighted by Crippen LogP contribution is 2.45. The zero-order chi connectivity index (χ0) is 27.6. The second-order valence-corrected chi connectivity index (χ2v) is 11.6. The van der Waals surface area contributed by atoms with Crippen molar-refractivity contribution in [1.29, 1.82) is 0 Å². The predicted molar refractivity (Wildman–Crippen MR) is 177 cm³/mol. The van der Waals surface area contributed by atoms with Gasteiger partial charge in [0.25, 0.3) is 0 Å². The Kier molecular flexibility index (Phi) is 5.18. The highest BCUT2D eigenvalue weighted by Gasteiger charge is 2.29. The molecule has 0 radical (unpaired) electrons. The van der Waals surface area contributed by atoms with E-state index in [2.05, 4.69) is 155 Å². The number of aromatic nitrogens is 2. The number of fused-ring (bicyclic) bond motifs is 7. The molecular weight excluding hydrogens is 508 g/mol. The summed E-state index contributed by atoms with van der Waals surface area (Å²) in [5.41, 5.74) is 10.3. The highest BCUT2D eigenvalue weighted by molar-refractivity contribution is 6.16. The third kappa shape index (κ3) is 3.39. The van der Waals surface area contributed by atoms with Gasteiger partial charge in [-0.25, -0.2) is 0 Å². The van der Waals surface area contributed by atoms with Crippen molar-refractivity contribution < 1.29 is 0 Å². The van der Waals surface area contributed by atoms with Gasteiger partial charge < -0.3 is 9.13 Å². The lowest BCUT2D eigenvalue weighted by Crippen LogP contribution is -2.22. The molecule has 2 atom stereocenters. The maximum Gasteiger partial charge on any atom is 0.0594 e. The SMILES string of the molecule is C1=C[C@@H](n2c3ccccc3c3c(-c4ccc5c(c4)c4ccccc4n5-c4ccccc4)cccc32)C2CCC=CC2=C1. The van der Waals surface area contributed by atoms with Gasteiger partial charge in [-0.15, -0.1) is 0 Å². The van der Waals surface area contributed by atoms with Crippen LogP contribution in [0.4, 0.5) is 0 Å². The Hall–Kier alpha value is -5.08. The molecule has 0 fully saturated rings. The zero-order valence-electron chi connectivity index (χ0n) is 23.3. The maximum absolute atomic E-state index is 2.61. The molecule has 2 aliphatic carbocycles. The average molecular weight is 539 g/mol. The molecule has 200 valence electrons. The molecule has 0 amide bonds. The number of hydrogen-bond acceptors (Lipinski definition) is 0. The monoisotopic (exact) mass is 538 g/mol. The van der Waals surface area contributed by atoms with E-state index in [0.717, 1.165) is 6.42 Å². The molecule has 0 aliphatic heterocycles. The minimum atomic E-state index is 0.305. The lowest BCUT2D eigenvalue weighted by molar-refractivity contribution is 0.427. The van der Waals surface area contributed by atoms with E-state index in [1.54, 1.807) is 0 Å². The Morgan fingerprint density at radius 2 is 1.38 bits per heavy atom. The van der Waals surface area contributed by atoms with Gasteiger partial charge in [-0.05, 0) is 72.0 Å². The predicted octanol–water partition coefficient (Wildman–Crippen LogP) is 10.6. The summed E-state index contributed by atoms with van der Waals surface area (Å²) >= 11 is 0. The van der Waals surface area contributed by atoms with Crippen molar-refractivity contribution in [3.8, 4) is 16.8 Å². The summed E-state index contributed by atoms with van der Waals surface area (Å²) in [6, 6.07) is 42.7. The van der Waals surface area contributed by atoms with Crippen LogP contribution in [0, 0.1) is 5.92 Å². The third-order valence-corrected chi connectivity index (χ3v) is 9.42. The van der Waals surface area contributed by atoms with Gasteiger partial charge in [0.2, 0.25) is 0 Å². The second kappa shape index (κ2) is 9.22. The van der Waals surface area contributed by atoms with E-state index in [9.17, 15) is 0 Å². The van der Waals surface area contributed by atoms with Gasteiger partial charge in [-0.2, -0.15) is 0 Å². The van der Waals surface area contributed by atoms with Gasteiger partial charge in [0.15, 0.2) is 0 Å². The van der Waals surface area contributed by atoms with E-state index in [1.165, 1.54) is 72.4 Å². The largest absolute Gasteiger partial charge is 0.333 e. The minimum Gasteiger partial charge on any atom is -0.333 e. The van der Waals surface area contributed by atoms with Gasteiger partial charge in [0.1, 0.15) is 0 Å². The molecule has 1 unspecified atom stereocenters. The Morgan fingerprint density at radius 3 is 2.29 bits per heavy atom. The molecule has 0 saturated carbocycles. The maximum atomic E-state index is 2.61. The van der Waals surface area contributed by atoms with E-state index in [-0.39, 0.29) is 0 Å². The number of hydrogen-bond donors (Lipinski definition) is 0. The molecule has 42 heavy (non-hydrogen) atoms. The number of allylic oxidation sites excluding steroid dienone is 6. The van der Waals surface area contributed by atoms with Gasteiger partial charge in [0, 0.05) is 38.7 Å². The smallest absolute Gasteiger partial charge is 0.0594 e. The normalized spacial score (nSPS) is 18.2. The minimum absolute atomic E-state index is 0.305. The summed E-state index contributed by atoms with van der Waals surface area (Å²) in [5.74, 6) is 0.503. The Labute approximate surface area is 245 Å². The molecule has 0 spiro atoms. The molecule has 0 bridgehead atoms. The first-order valence-corrected chi connectivity index (χ1v) is 15.0. The molecule has 0 N–H and O–H groups in total. The van der Waals surface area contributed by atoms with E-state index in [0.29, 0.717) is 12.0 Å². The summed E-state index contributed by atoms with van der Waals surface area (Å²) in [7, 11) is 0. The van der Waals surface area contributed by atoms with Crippen molar-refractivity contribution in [2.24, 2.45) is 5.92 Å². The van der Waals surface area contributed by atoms with Gasteiger partial charge in [-0.1, -0.05) is 103 Å². The summed E-state index contributed by atoms with van der Waals surface area (Å²) in [4.78, 5) is 0. The van der Waals surface area contributed by atoms with Crippen molar-refractivity contribution in [2.75, 3.05) is 0 Å². The van der Waals surface area contributed by atoms with Gasteiger partial charge in [0.05, 0.1) is 22.6 Å². The van der Waals surface area contributed by atoms with Crippen LogP contribution in [-0.2, 0) is 0 Å². The number of nitrogens with zero attached hydrogens (tertiary/aromatic N) is 2. The lowest BCUT2D eigenvalue weighted by Gasteiger charge is -2.32. The summed E-state index contributed by atoms with van der Waals surface area (Å²) in [5, 5.41) is 5.23. The molecule has 2 heterocycles. The standard InChI is InChI=1S/C40H30N2/c1-2-14-29(15-3-1)41-36-20-8-6-17-32(36)34-26-28(24-25-38(34)41)31-19-11-23-39-40(31)33-18-7-9-21-37(33)42(39)35-22-10-13-27-12-4-5-16-30(27)35/h1-4,6-15,17-26,30,35H,5,16H2/t30?,35-/m1/s1. The first kappa shape index (κ1) is 23.6. The quantitative estimate of drug-likeness (QED) is 0.212. The van der Waals surface area contributed by atoms with E-state index in [1.807, 2.05) is 0 Å². The van der Waals surface area contributed by atoms with Crippen LogP contribution in [0.2, 0.25) is 0 Å². The number of rotatable bonds is 3. The first-order valence-electron chi connectivity index (χ1n) is 15.0. The fourth-order valence-electron chi connectivity index (χ4n) is 7.62. The molecule has 2 aliphatic rings. The molecule has 2 nitrogen and oxygen atoms in total. The Bertz CT molecular complexity index is 2250. The summed E-state index contributed by atoms with van der Waals surface area (Å²) in [6.45, 7) is 0. The van der Waals surface area contributed by atoms with Crippen LogP contribution in [0.3, 0.4) is 0 Å². The second-order valence-electron chi connectivity index (χ2n) is 11.6. The molecule has 0 saturated heterocycles. The van der Waals surface area contributed by atoms with Gasteiger partial charge in [-0.3, -0.25) is 0 Å². The summed E-state index contributed by atoms with van der Waals surface area (Å²) in [6.07, 6.45) is 14.0. The fraction of sp³-hybridized carbons (Fsp3) is 0.100. The molecule has 5 aromatic carbocycles. The molecular formula is C40H30N2. The van der Waals surface area contributed by atoms with Gasteiger partial charge >= 0.3 is 0 Å². The molecule has 9 rings (SSSR count). The molecule has 2 heteroatoms. The van der Waals surface area contributed by atoms with E-state index < -0.39 is 0 Å². The number of benzene rings is 5. The third-order valence-electron chi connectivity index (χ3n) is 9.42. The van der Waals surface area contributed by atoms with Crippen LogP contribution in [0.5, 0.6) is 0 Å². The van der Waals surface area contributed by atoms with Crippen LogP contribution in [0.1, 0.15) is 18.9 Å². The van der Waals surface area contributed by atoms with E-state index >= 15 is 0 Å². The Morgan fingerprint density at radius 1 is 0.619 bits per heavy atom. The fourth-order valence-corrected chi connectivity index (χ4v) is 7.62.